The summed E-state index contributed by atoms with van der Waals surface area (Å²) in [5.41, 5.74) is 3.44. The number of hydrogen-bond donors (Lipinski definition) is 1. The van der Waals surface area contributed by atoms with Gasteiger partial charge in [-0.2, -0.15) is 4.31 Å². The fourth-order valence-electron chi connectivity index (χ4n) is 4.50. The van der Waals surface area contributed by atoms with Gasteiger partial charge < -0.3 is 5.32 Å². The van der Waals surface area contributed by atoms with Crippen LogP contribution >= 0.6 is 23.4 Å². The summed E-state index contributed by atoms with van der Waals surface area (Å²) in [5, 5.41) is 4.67. The van der Waals surface area contributed by atoms with E-state index in [0.29, 0.717) is 58.5 Å². The highest BCUT2D eigenvalue weighted by Gasteiger charge is 2.25. The van der Waals surface area contributed by atoms with Crippen LogP contribution in [0.5, 0.6) is 0 Å². The maximum atomic E-state index is 13.8. The van der Waals surface area contributed by atoms with Crippen molar-refractivity contribution in [2.24, 2.45) is 0 Å². The lowest BCUT2D eigenvalue weighted by molar-refractivity contribution is 0.359. The fourth-order valence-corrected chi connectivity index (χ4v) is 6.53. The monoisotopic (exact) mass is 570 g/mol. The van der Waals surface area contributed by atoms with Gasteiger partial charge in [-0.25, -0.2) is 18.4 Å². The zero-order valence-corrected chi connectivity index (χ0v) is 23.4. The van der Waals surface area contributed by atoms with E-state index in [1.807, 2.05) is 37.4 Å². The Kier molecular flexibility index (Phi) is 7.83. The summed E-state index contributed by atoms with van der Waals surface area (Å²) in [6.45, 7) is 3.92. The summed E-state index contributed by atoms with van der Waals surface area (Å²) in [6.07, 6.45) is 3.49. The number of sulfonamides is 1. The van der Waals surface area contributed by atoms with E-state index >= 15 is 0 Å². The van der Waals surface area contributed by atoms with Crippen LogP contribution < -0.4 is 10.9 Å². The van der Waals surface area contributed by atoms with Crippen molar-refractivity contribution in [1.82, 2.24) is 29.1 Å². The summed E-state index contributed by atoms with van der Waals surface area (Å²) in [7, 11) is -3.56. The number of nitrogens with one attached hydrogen (secondary N) is 1. The molecule has 1 aliphatic rings. The third-order valence-corrected chi connectivity index (χ3v) is 9.20. The largest absolute Gasteiger partial charge is 0.314 e. The molecule has 1 fully saturated rings. The van der Waals surface area contributed by atoms with E-state index in [4.69, 9.17) is 11.6 Å². The Morgan fingerprint density at radius 1 is 1.08 bits per heavy atom. The van der Waals surface area contributed by atoms with Gasteiger partial charge in [0.05, 0.1) is 11.4 Å². The number of fused-ring (bicyclic) bond motifs is 1. The van der Waals surface area contributed by atoms with E-state index in [9.17, 15) is 13.2 Å². The first-order valence-corrected chi connectivity index (χ1v) is 15.3. The quantitative estimate of drug-likeness (QED) is 0.266. The van der Waals surface area contributed by atoms with Crippen LogP contribution in [-0.2, 0) is 16.6 Å². The van der Waals surface area contributed by atoms with E-state index in [2.05, 4.69) is 20.3 Å². The Morgan fingerprint density at radius 3 is 2.58 bits per heavy atom. The van der Waals surface area contributed by atoms with Crippen molar-refractivity contribution in [3.63, 3.8) is 0 Å². The van der Waals surface area contributed by atoms with Gasteiger partial charge in [0.1, 0.15) is 5.65 Å². The second-order valence-corrected chi connectivity index (χ2v) is 12.2. The van der Waals surface area contributed by atoms with E-state index in [0.717, 1.165) is 17.0 Å². The maximum absolute atomic E-state index is 13.8. The number of hydrogen-bond acceptors (Lipinski definition) is 8. The summed E-state index contributed by atoms with van der Waals surface area (Å²) < 4.78 is 29.0. The molecule has 4 heterocycles. The molecule has 1 aliphatic heterocycles. The molecule has 3 aromatic heterocycles. The average Bonchev–Trinajstić information content (AvgIpc) is 2.92. The topological polar surface area (TPSA) is 110 Å². The van der Waals surface area contributed by atoms with E-state index in [1.54, 1.807) is 24.4 Å². The molecule has 1 N–H and O–H groups in total. The molecule has 0 unspecified atom stereocenters. The molecule has 198 valence electrons. The summed E-state index contributed by atoms with van der Waals surface area (Å²) >= 11 is 8.06. The molecule has 1 aromatic carbocycles. The Morgan fingerprint density at radius 2 is 1.87 bits per heavy atom. The van der Waals surface area contributed by atoms with Gasteiger partial charge in [-0.1, -0.05) is 41.6 Å². The number of benzene rings is 1. The van der Waals surface area contributed by atoms with Gasteiger partial charge in [-0.3, -0.25) is 14.3 Å². The van der Waals surface area contributed by atoms with Crippen molar-refractivity contribution in [1.29, 1.82) is 0 Å². The van der Waals surface area contributed by atoms with Crippen LogP contribution in [0.3, 0.4) is 0 Å². The molecule has 9 nitrogen and oxygen atoms in total. The third-order valence-electron chi connectivity index (χ3n) is 6.47. The Balaban J connectivity index is 1.58. The Labute approximate surface area is 230 Å². The van der Waals surface area contributed by atoms with Crippen LogP contribution in [0.1, 0.15) is 5.69 Å². The van der Waals surface area contributed by atoms with Gasteiger partial charge in [-0.05, 0) is 37.4 Å². The number of thioether (sulfide) groups is 1. The number of nitrogens with zero attached hydrogens (tertiary/aromatic N) is 5. The minimum Gasteiger partial charge on any atom is -0.314 e. The van der Waals surface area contributed by atoms with Gasteiger partial charge in [0.15, 0.2) is 5.16 Å². The summed E-state index contributed by atoms with van der Waals surface area (Å²) in [4.78, 5) is 27.3. The average molecular weight is 571 g/mol. The number of aryl methyl sites for hydroxylation is 2. The van der Waals surface area contributed by atoms with Crippen LogP contribution in [-0.4, -0.2) is 70.4 Å². The standard InChI is InChI=1S/C26H27ClN6O3S2/c1-17-4-3-5-23(30-17)18-6-7-20(22(27)15-18)21-14-19-16-29-26(37-2)31-24(19)33(25(21)34)12-13-38(35,36)32-10-8-28-9-11-32/h3-7,14-16,28H,8-13H2,1-2H3. The Hall–Kier alpha value is -2.83. The predicted molar refractivity (Wildman–Crippen MR) is 152 cm³/mol. The Bertz CT molecular complexity index is 1670. The zero-order chi connectivity index (χ0) is 26.9. The van der Waals surface area contributed by atoms with Crippen LogP contribution in [0.2, 0.25) is 5.02 Å². The molecule has 5 rings (SSSR count). The number of pyridine rings is 2. The summed E-state index contributed by atoms with van der Waals surface area (Å²) in [5.74, 6) is -0.213. The van der Waals surface area contributed by atoms with Crippen molar-refractivity contribution >= 4 is 44.4 Å². The molecule has 0 amide bonds. The van der Waals surface area contributed by atoms with Crippen LogP contribution in [0, 0.1) is 6.92 Å². The lowest BCUT2D eigenvalue weighted by Gasteiger charge is -2.26. The van der Waals surface area contributed by atoms with Crippen molar-refractivity contribution in [2.75, 3.05) is 38.2 Å². The first-order valence-electron chi connectivity index (χ1n) is 12.1. The van der Waals surface area contributed by atoms with Crippen molar-refractivity contribution < 1.29 is 8.42 Å². The highest BCUT2D eigenvalue weighted by Crippen LogP contribution is 2.31. The molecule has 38 heavy (non-hydrogen) atoms. The van der Waals surface area contributed by atoms with Crippen LogP contribution in [0.15, 0.2) is 58.6 Å². The molecule has 0 spiro atoms. The molecule has 0 atom stereocenters. The third kappa shape index (κ3) is 5.48. The fraction of sp³-hybridized carbons (Fsp3) is 0.308. The van der Waals surface area contributed by atoms with E-state index < -0.39 is 10.0 Å². The van der Waals surface area contributed by atoms with Gasteiger partial charge in [0, 0.05) is 71.7 Å². The number of halogens is 1. The van der Waals surface area contributed by atoms with Gasteiger partial charge >= 0.3 is 0 Å². The highest BCUT2D eigenvalue weighted by atomic mass is 35.5. The smallest absolute Gasteiger partial charge is 0.260 e. The minimum absolute atomic E-state index is 0.0385. The highest BCUT2D eigenvalue weighted by molar-refractivity contribution is 7.98. The molecule has 12 heteroatoms. The SMILES string of the molecule is CSc1ncc2cc(-c3ccc(-c4cccc(C)n4)cc3Cl)c(=O)n(CCS(=O)(=O)N3CCNCC3)c2n1. The molecular formula is C26H27ClN6O3S2. The number of piperazine rings is 1. The van der Waals surface area contributed by atoms with Crippen molar-refractivity contribution in [3.8, 4) is 22.4 Å². The molecule has 0 saturated carbocycles. The first kappa shape index (κ1) is 26.8. The number of rotatable bonds is 7. The second-order valence-electron chi connectivity index (χ2n) is 8.97. The van der Waals surface area contributed by atoms with Crippen LogP contribution in [0.4, 0.5) is 0 Å². The normalized spacial score (nSPS) is 14.7. The first-order chi connectivity index (χ1) is 18.3. The van der Waals surface area contributed by atoms with E-state index in [1.165, 1.54) is 20.6 Å². The number of aromatic nitrogens is 4. The van der Waals surface area contributed by atoms with Gasteiger partial charge in [0.2, 0.25) is 10.0 Å². The van der Waals surface area contributed by atoms with E-state index in [-0.39, 0.29) is 17.9 Å². The lowest BCUT2D eigenvalue weighted by Crippen LogP contribution is -2.47. The summed E-state index contributed by atoms with van der Waals surface area (Å²) in [6, 6.07) is 12.9. The molecular weight excluding hydrogens is 544 g/mol. The van der Waals surface area contributed by atoms with Crippen LogP contribution in [0.25, 0.3) is 33.4 Å². The lowest BCUT2D eigenvalue weighted by atomic mass is 10.0. The second kappa shape index (κ2) is 11.1. The molecule has 0 bridgehead atoms. The molecule has 1 saturated heterocycles. The minimum atomic E-state index is -3.56. The predicted octanol–water partition coefficient (Wildman–Crippen LogP) is 3.44. The molecule has 0 radical (unpaired) electrons. The van der Waals surface area contributed by atoms with Gasteiger partial charge in [0.25, 0.3) is 5.56 Å². The molecule has 0 aliphatic carbocycles. The maximum Gasteiger partial charge on any atom is 0.260 e. The van der Waals surface area contributed by atoms with Crippen molar-refractivity contribution in [3.05, 3.63) is 69.7 Å². The molecule has 4 aromatic rings. The zero-order valence-electron chi connectivity index (χ0n) is 21.0. The van der Waals surface area contributed by atoms with Gasteiger partial charge in [-0.15, -0.1) is 0 Å². The van der Waals surface area contributed by atoms with Crippen molar-refractivity contribution in [2.45, 2.75) is 18.6 Å².